The first-order valence-corrected chi connectivity index (χ1v) is 7.27. The molecule has 0 spiro atoms. The normalized spacial score (nSPS) is 14.5. The largest absolute Gasteiger partial charge is 0.382 e. The Morgan fingerprint density at radius 1 is 1.29 bits per heavy atom. The molecule has 2 N–H and O–H groups in total. The van der Waals surface area contributed by atoms with Gasteiger partial charge < -0.3 is 14.9 Å². The maximum Gasteiger partial charge on any atom is 0.217 e. The number of aliphatic hydroxyl groups excluding tert-OH is 1. The van der Waals surface area contributed by atoms with Crippen molar-refractivity contribution in [1.82, 2.24) is 4.90 Å². The number of halogens is 1. The first-order chi connectivity index (χ1) is 6.53. The van der Waals surface area contributed by atoms with Crippen LogP contribution in [0.15, 0.2) is 0 Å². The zero-order valence-corrected chi connectivity index (χ0v) is 11.6. The minimum absolute atomic E-state index is 0.168. The molecule has 2 unspecified atom stereocenters. The van der Waals surface area contributed by atoms with E-state index in [1.807, 2.05) is 0 Å². The highest BCUT2D eigenvalue weighted by molar-refractivity contribution is 9.09. The van der Waals surface area contributed by atoms with Crippen LogP contribution in [0.3, 0.4) is 0 Å². The lowest BCUT2D eigenvalue weighted by molar-refractivity contribution is 0.262. The van der Waals surface area contributed by atoms with Crippen LogP contribution in [0.1, 0.15) is 20.8 Å². The van der Waals surface area contributed by atoms with Gasteiger partial charge in [-0.25, -0.2) is 0 Å². The monoisotopic (exact) mass is 289 g/mol. The lowest BCUT2D eigenvalue weighted by Gasteiger charge is -2.13. The van der Waals surface area contributed by atoms with Gasteiger partial charge >= 0.3 is 0 Å². The van der Waals surface area contributed by atoms with E-state index in [9.17, 15) is 4.57 Å². The maximum atomic E-state index is 9.84. The summed E-state index contributed by atoms with van der Waals surface area (Å²) in [7, 11) is -2.70. The molecule has 6 heteroatoms. The maximum absolute atomic E-state index is 9.84. The minimum atomic E-state index is -2.70. The molecule has 4 nitrogen and oxygen atoms in total. The Hall–Kier alpha value is 0.590. The first kappa shape index (κ1) is 17.0. The molecule has 0 aliphatic rings. The fourth-order valence-electron chi connectivity index (χ4n) is 0.737. The van der Waals surface area contributed by atoms with E-state index in [1.54, 1.807) is 0 Å². The fraction of sp³-hybridized carbons (Fsp3) is 1.00. The van der Waals surface area contributed by atoms with Crippen molar-refractivity contribution in [2.24, 2.45) is 0 Å². The number of nitrogens with zero attached hydrogens (tertiary/aromatic N) is 1. The Morgan fingerprint density at radius 2 is 1.64 bits per heavy atom. The zero-order valence-electron chi connectivity index (χ0n) is 9.03. The summed E-state index contributed by atoms with van der Waals surface area (Å²) in [5.41, 5.74) is 0. The lowest BCUT2D eigenvalue weighted by Crippen LogP contribution is -2.21. The van der Waals surface area contributed by atoms with Crippen LogP contribution < -0.4 is 0 Å². The Bertz CT molecular complexity index is 139. The molecule has 0 saturated heterocycles. The molecule has 0 aromatic rings. The van der Waals surface area contributed by atoms with Crippen molar-refractivity contribution in [3.8, 4) is 0 Å². The van der Waals surface area contributed by atoms with E-state index in [2.05, 4.69) is 41.6 Å². The van der Waals surface area contributed by atoms with Crippen LogP contribution in [0, 0.1) is 0 Å². The van der Waals surface area contributed by atoms with Gasteiger partial charge in [-0.2, -0.15) is 0 Å². The molecule has 0 saturated carbocycles. The van der Waals surface area contributed by atoms with Crippen molar-refractivity contribution in [1.29, 1.82) is 0 Å². The number of hydrogen-bond acceptors (Lipinski definition) is 3. The van der Waals surface area contributed by atoms with Gasteiger partial charge in [0.15, 0.2) is 0 Å². The van der Waals surface area contributed by atoms with E-state index < -0.39 is 13.9 Å². The first-order valence-electron chi connectivity index (χ1n) is 4.72. The molecule has 0 aromatic heterocycles. The second kappa shape index (κ2) is 11.7. The molecule has 14 heavy (non-hydrogen) atoms. The minimum Gasteiger partial charge on any atom is -0.382 e. The van der Waals surface area contributed by atoms with Crippen LogP contribution in [0.4, 0.5) is 0 Å². The van der Waals surface area contributed by atoms with Crippen LogP contribution in [-0.4, -0.2) is 45.7 Å². The van der Waals surface area contributed by atoms with Crippen LogP contribution in [0.25, 0.3) is 0 Å². The summed E-state index contributed by atoms with van der Waals surface area (Å²) in [4.78, 5) is 10.5. The van der Waals surface area contributed by atoms with Crippen molar-refractivity contribution >= 4 is 24.0 Å². The number of hydrogen-bond donors (Lipinski definition) is 2. The molecule has 0 heterocycles. The van der Waals surface area contributed by atoms with Crippen LogP contribution in [-0.2, 0) is 4.57 Å². The summed E-state index contributed by atoms with van der Waals surface area (Å²) >= 11 is 2.83. The Labute approximate surface area is 95.3 Å². The van der Waals surface area contributed by atoms with E-state index in [-0.39, 0.29) is 5.33 Å². The molecule has 0 amide bonds. The van der Waals surface area contributed by atoms with Gasteiger partial charge in [0.1, 0.15) is 5.85 Å². The molecular formula is C8H21BrNO3P. The van der Waals surface area contributed by atoms with Gasteiger partial charge in [0.2, 0.25) is 8.03 Å². The van der Waals surface area contributed by atoms with Gasteiger partial charge in [0.25, 0.3) is 0 Å². The van der Waals surface area contributed by atoms with E-state index in [0.717, 1.165) is 0 Å². The van der Waals surface area contributed by atoms with Crippen LogP contribution in [0.5, 0.6) is 0 Å². The average molecular weight is 290 g/mol. The third kappa shape index (κ3) is 10.7. The van der Waals surface area contributed by atoms with E-state index >= 15 is 0 Å². The summed E-state index contributed by atoms with van der Waals surface area (Å²) in [6, 6.07) is 0. The van der Waals surface area contributed by atoms with E-state index in [4.69, 9.17) is 10.00 Å². The van der Waals surface area contributed by atoms with Crippen LogP contribution in [0.2, 0.25) is 0 Å². The summed E-state index contributed by atoms with van der Waals surface area (Å²) in [6.07, 6.45) is 0. The third-order valence-corrected chi connectivity index (χ3v) is 3.76. The van der Waals surface area contributed by atoms with Crippen molar-refractivity contribution in [3.05, 3.63) is 0 Å². The van der Waals surface area contributed by atoms with Gasteiger partial charge in [-0.05, 0) is 19.6 Å². The van der Waals surface area contributed by atoms with Gasteiger partial charge in [0, 0.05) is 5.33 Å². The molecule has 0 radical (unpaired) electrons. The highest BCUT2D eigenvalue weighted by atomic mass is 79.9. The lowest BCUT2D eigenvalue weighted by atomic mass is 10.5. The molecule has 0 aliphatic carbocycles. The molecule has 0 bridgehead atoms. The molecular weight excluding hydrogens is 269 g/mol. The SMILES string of the molecule is CCN(CC)CC.O=[PH](O)C(O)CBr. The van der Waals surface area contributed by atoms with Gasteiger partial charge in [-0.1, -0.05) is 36.7 Å². The van der Waals surface area contributed by atoms with E-state index in [0.29, 0.717) is 0 Å². The Balaban J connectivity index is 0. The summed E-state index contributed by atoms with van der Waals surface area (Å²) in [6.45, 7) is 10.1. The number of rotatable bonds is 5. The van der Waals surface area contributed by atoms with Gasteiger partial charge in [-0.3, -0.25) is 4.57 Å². The highest BCUT2D eigenvalue weighted by Crippen LogP contribution is 2.20. The molecule has 2 atom stereocenters. The quantitative estimate of drug-likeness (QED) is 0.595. The predicted octanol–water partition coefficient (Wildman–Crippen LogP) is 1.51. The summed E-state index contributed by atoms with van der Waals surface area (Å²) < 4.78 is 9.84. The molecule has 0 aliphatic heterocycles. The predicted molar refractivity (Wildman–Crippen MR) is 64.5 cm³/mol. The number of aliphatic hydroxyl groups is 1. The van der Waals surface area contributed by atoms with Crippen molar-refractivity contribution in [3.63, 3.8) is 0 Å². The van der Waals surface area contributed by atoms with E-state index in [1.165, 1.54) is 19.6 Å². The zero-order chi connectivity index (χ0) is 11.6. The smallest absolute Gasteiger partial charge is 0.217 e. The standard InChI is InChI=1S/C6H15N.C2H6BrO3P/c1-4-7(5-2)6-3;3-1-2(4)7(5)6/h4-6H2,1-3H3;2,4,7H,1H2,(H,5,6). The highest BCUT2D eigenvalue weighted by Gasteiger charge is 2.04. The average Bonchev–Trinajstić information content (AvgIpc) is 2.20. The fourth-order valence-corrected chi connectivity index (χ4v) is 1.70. The number of alkyl halides is 1. The second-order valence-corrected chi connectivity index (χ2v) is 4.62. The molecule has 0 rings (SSSR count). The van der Waals surface area contributed by atoms with Crippen LogP contribution >= 0.6 is 24.0 Å². The molecule has 88 valence electrons. The Morgan fingerprint density at radius 3 is 1.64 bits per heavy atom. The van der Waals surface area contributed by atoms with Gasteiger partial charge in [-0.15, -0.1) is 0 Å². The second-order valence-electron chi connectivity index (χ2n) is 2.63. The Kier molecular flexibility index (Phi) is 14.2. The molecule has 0 aromatic carbocycles. The van der Waals surface area contributed by atoms with Gasteiger partial charge in [0.05, 0.1) is 0 Å². The topological polar surface area (TPSA) is 60.8 Å². The summed E-state index contributed by atoms with van der Waals surface area (Å²) in [5.74, 6) is -1.08. The van der Waals surface area contributed by atoms with Crippen molar-refractivity contribution in [2.75, 3.05) is 25.0 Å². The summed E-state index contributed by atoms with van der Waals surface area (Å²) in [5, 5.41) is 8.54. The van der Waals surface area contributed by atoms with Crippen molar-refractivity contribution < 1.29 is 14.6 Å². The molecule has 0 fully saturated rings. The van der Waals surface area contributed by atoms with Crippen molar-refractivity contribution in [2.45, 2.75) is 26.6 Å². The third-order valence-electron chi connectivity index (χ3n) is 1.77.